The van der Waals surface area contributed by atoms with E-state index < -0.39 is 0 Å². The number of aromatic nitrogens is 2. The number of rotatable bonds is 9. The minimum Gasteiger partial charge on any atom is -0.370 e. The van der Waals surface area contributed by atoms with E-state index >= 15 is 0 Å². The lowest BCUT2D eigenvalue weighted by Gasteiger charge is -2.39. The van der Waals surface area contributed by atoms with Crippen LogP contribution < -0.4 is 5.73 Å². The fourth-order valence-electron chi connectivity index (χ4n) is 3.46. The minimum atomic E-state index is 0.0435. The minimum absolute atomic E-state index is 0.0435. The summed E-state index contributed by atoms with van der Waals surface area (Å²) in [5.41, 5.74) is 8.26. The number of unbranched alkanes of at least 4 members (excludes halogenated alkanes) is 5. The van der Waals surface area contributed by atoms with Crippen molar-refractivity contribution in [1.82, 2.24) is 15.0 Å². The van der Waals surface area contributed by atoms with Crippen LogP contribution in [0.1, 0.15) is 69.4 Å². The molecule has 6 nitrogen and oxygen atoms in total. The van der Waals surface area contributed by atoms with Gasteiger partial charge in [0.1, 0.15) is 6.04 Å². The summed E-state index contributed by atoms with van der Waals surface area (Å²) < 4.78 is 5.48. The molecule has 2 heterocycles. The van der Waals surface area contributed by atoms with E-state index in [9.17, 15) is 0 Å². The van der Waals surface area contributed by atoms with Crippen LogP contribution in [-0.2, 0) is 6.42 Å². The predicted molar refractivity (Wildman–Crippen MR) is 108 cm³/mol. The summed E-state index contributed by atoms with van der Waals surface area (Å²) in [7, 11) is 1.69. The first-order chi connectivity index (χ1) is 13.2. The second-order valence-electron chi connectivity index (χ2n) is 7.25. The Balaban J connectivity index is 1.53. The van der Waals surface area contributed by atoms with Crippen molar-refractivity contribution >= 4 is 5.96 Å². The van der Waals surface area contributed by atoms with Crippen LogP contribution in [0.3, 0.4) is 0 Å². The Morgan fingerprint density at radius 2 is 1.93 bits per heavy atom. The van der Waals surface area contributed by atoms with Crippen LogP contribution in [0.5, 0.6) is 0 Å². The molecule has 3 rings (SSSR count). The van der Waals surface area contributed by atoms with Gasteiger partial charge in [0.05, 0.1) is 0 Å². The quantitative estimate of drug-likeness (QED) is 0.404. The summed E-state index contributed by atoms with van der Waals surface area (Å²) in [5.74, 6) is 1.76. The molecule has 1 unspecified atom stereocenters. The van der Waals surface area contributed by atoms with Crippen LogP contribution >= 0.6 is 0 Å². The first kappa shape index (κ1) is 19.4. The Hall–Kier alpha value is -2.37. The van der Waals surface area contributed by atoms with E-state index in [1.54, 1.807) is 7.05 Å². The van der Waals surface area contributed by atoms with Gasteiger partial charge in [-0.1, -0.05) is 68.4 Å². The maximum atomic E-state index is 5.90. The molecule has 2 N–H and O–H groups in total. The van der Waals surface area contributed by atoms with Crippen molar-refractivity contribution in [1.29, 1.82) is 0 Å². The molecule has 0 radical (unpaired) electrons. The third-order valence-corrected chi connectivity index (χ3v) is 5.30. The normalized spacial score (nSPS) is 17.2. The molecule has 1 fully saturated rings. The highest BCUT2D eigenvalue weighted by molar-refractivity contribution is 5.79. The monoisotopic (exact) mass is 369 g/mol. The van der Waals surface area contributed by atoms with Crippen molar-refractivity contribution < 1.29 is 4.52 Å². The van der Waals surface area contributed by atoms with Gasteiger partial charge in [0.2, 0.25) is 11.7 Å². The molecule has 0 bridgehead atoms. The molecule has 0 amide bonds. The number of likely N-dealkylation sites (tertiary alicyclic amines) is 1. The zero-order valence-electron chi connectivity index (χ0n) is 16.5. The van der Waals surface area contributed by atoms with Crippen molar-refractivity contribution in [2.75, 3.05) is 13.6 Å². The van der Waals surface area contributed by atoms with E-state index in [0.29, 0.717) is 17.7 Å². The van der Waals surface area contributed by atoms with Gasteiger partial charge in [0.25, 0.3) is 0 Å². The van der Waals surface area contributed by atoms with Crippen molar-refractivity contribution in [2.45, 2.75) is 64.3 Å². The fraction of sp³-hybridized carbons (Fsp3) is 0.571. The van der Waals surface area contributed by atoms with E-state index in [0.717, 1.165) is 24.9 Å². The summed E-state index contributed by atoms with van der Waals surface area (Å²) in [4.78, 5) is 10.6. The van der Waals surface area contributed by atoms with Crippen LogP contribution in [0.4, 0.5) is 0 Å². The van der Waals surface area contributed by atoms with Crippen molar-refractivity contribution in [2.24, 2.45) is 10.7 Å². The summed E-state index contributed by atoms with van der Waals surface area (Å²) in [6, 6.07) is 8.56. The van der Waals surface area contributed by atoms with Crippen LogP contribution in [0.2, 0.25) is 0 Å². The maximum Gasteiger partial charge on any atom is 0.249 e. The van der Waals surface area contributed by atoms with Gasteiger partial charge < -0.3 is 15.2 Å². The summed E-state index contributed by atoms with van der Waals surface area (Å²) >= 11 is 0. The van der Waals surface area contributed by atoms with Crippen LogP contribution in [-0.4, -0.2) is 34.6 Å². The maximum absolute atomic E-state index is 5.90. The number of hydrogen-bond acceptors (Lipinski definition) is 4. The molecule has 27 heavy (non-hydrogen) atoms. The largest absolute Gasteiger partial charge is 0.370 e. The molecule has 1 aliphatic rings. The van der Waals surface area contributed by atoms with Crippen LogP contribution in [0.25, 0.3) is 11.4 Å². The molecular weight excluding hydrogens is 338 g/mol. The Morgan fingerprint density at radius 1 is 1.19 bits per heavy atom. The summed E-state index contributed by atoms with van der Waals surface area (Å²) in [6.45, 7) is 3.13. The Bertz CT molecular complexity index is 737. The van der Waals surface area contributed by atoms with E-state index in [1.165, 1.54) is 44.1 Å². The highest BCUT2D eigenvalue weighted by atomic mass is 16.5. The van der Waals surface area contributed by atoms with E-state index in [2.05, 4.69) is 46.3 Å². The topological polar surface area (TPSA) is 80.5 Å². The van der Waals surface area contributed by atoms with E-state index in [-0.39, 0.29) is 6.04 Å². The fourth-order valence-corrected chi connectivity index (χ4v) is 3.46. The second kappa shape index (κ2) is 9.53. The molecule has 0 spiro atoms. The smallest absolute Gasteiger partial charge is 0.249 e. The average molecular weight is 370 g/mol. The molecule has 1 atom stereocenters. The van der Waals surface area contributed by atoms with Gasteiger partial charge in [-0.2, -0.15) is 4.98 Å². The van der Waals surface area contributed by atoms with Gasteiger partial charge in [-0.05, 0) is 24.8 Å². The van der Waals surface area contributed by atoms with Gasteiger partial charge in [-0.15, -0.1) is 0 Å². The highest BCUT2D eigenvalue weighted by Crippen LogP contribution is 2.32. The standard InChI is InChI=1S/C21H31N5O/c1-3-4-5-6-7-8-9-16-10-12-17(13-11-16)19-24-20(27-25-19)18-14-15-26(18)21(22)23-2/h10-13,18H,3-9,14-15H2,1-2H3,(H2,22,23). The third-order valence-electron chi connectivity index (χ3n) is 5.30. The lowest BCUT2D eigenvalue weighted by atomic mass is 10.0. The van der Waals surface area contributed by atoms with Crippen molar-refractivity contribution in [3.63, 3.8) is 0 Å². The van der Waals surface area contributed by atoms with Crippen LogP contribution in [0, 0.1) is 0 Å². The molecule has 1 aliphatic heterocycles. The van der Waals surface area contributed by atoms with Gasteiger partial charge in [0, 0.05) is 19.2 Å². The molecule has 146 valence electrons. The Kier molecular flexibility index (Phi) is 6.85. The number of aryl methyl sites for hydroxylation is 1. The first-order valence-electron chi connectivity index (χ1n) is 10.1. The van der Waals surface area contributed by atoms with Gasteiger partial charge in [0.15, 0.2) is 5.96 Å². The third kappa shape index (κ3) is 4.87. The molecule has 0 aliphatic carbocycles. The molecule has 1 aromatic carbocycles. The molecular formula is C21H31N5O. The summed E-state index contributed by atoms with van der Waals surface area (Å²) in [6.07, 6.45) is 10.0. The number of benzene rings is 1. The Morgan fingerprint density at radius 3 is 2.59 bits per heavy atom. The van der Waals surface area contributed by atoms with Crippen molar-refractivity contribution in [3.05, 3.63) is 35.7 Å². The number of aliphatic imine (C=N–C) groups is 1. The van der Waals surface area contributed by atoms with Gasteiger partial charge in [-0.25, -0.2) is 0 Å². The van der Waals surface area contributed by atoms with E-state index in [4.69, 9.17) is 10.3 Å². The number of nitrogens with two attached hydrogens (primary N) is 1. The molecule has 6 heteroatoms. The number of nitrogens with zero attached hydrogens (tertiary/aromatic N) is 4. The molecule has 0 saturated carbocycles. The lowest BCUT2D eigenvalue weighted by Crippen LogP contribution is -2.48. The zero-order valence-corrected chi connectivity index (χ0v) is 16.5. The highest BCUT2D eigenvalue weighted by Gasteiger charge is 2.35. The Labute approximate surface area is 161 Å². The second-order valence-corrected chi connectivity index (χ2v) is 7.25. The van der Waals surface area contributed by atoms with Crippen molar-refractivity contribution in [3.8, 4) is 11.4 Å². The van der Waals surface area contributed by atoms with Gasteiger partial charge >= 0.3 is 0 Å². The number of hydrogen-bond donors (Lipinski definition) is 1. The number of guanidine groups is 1. The predicted octanol–water partition coefficient (Wildman–Crippen LogP) is 4.33. The first-order valence-corrected chi connectivity index (χ1v) is 10.1. The van der Waals surface area contributed by atoms with Gasteiger partial charge in [-0.3, -0.25) is 4.99 Å². The summed E-state index contributed by atoms with van der Waals surface area (Å²) in [5, 5.41) is 4.15. The van der Waals surface area contributed by atoms with Crippen LogP contribution in [0.15, 0.2) is 33.8 Å². The van der Waals surface area contributed by atoms with E-state index in [1.807, 2.05) is 4.90 Å². The average Bonchev–Trinajstić information content (AvgIpc) is 3.13. The molecule has 1 saturated heterocycles. The lowest BCUT2D eigenvalue weighted by molar-refractivity contribution is 0.142. The zero-order chi connectivity index (χ0) is 19.1. The molecule has 2 aromatic rings. The SMILES string of the molecule is CCCCCCCCc1ccc(-c2noc(C3CCN3C(N)=NC)n2)cc1. The molecule has 1 aromatic heterocycles.